The lowest BCUT2D eigenvalue weighted by Gasteiger charge is -2.31. The smallest absolute Gasteiger partial charge is 0.291 e. The van der Waals surface area contributed by atoms with Crippen molar-refractivity contribution in [1.29, 1.82) is 0 Å². The normalized spacial score (nSPS) is 16.4. The lowest BCUT2D eigenvalue weighted by molar-refractivity contribution is -0.123. The van der Waals surface area contributed by atoms with E-state index in [1.54, 1.807) is 13.2 Å². The number of para-hydroxylation sites is 1. The third kappa shape index (κ3) is 3.74. The van der Waals surface area contributed by atoms with Crippen molar-refractivity contribution in [2.75, 3.05) is 20.1 Å². The highest BCUT2D eigenvalue weighted by molar-refractivity contribution is 6.08. The Morgan fingerprint density at radius 2 is 1.97 bits per heavy atom. The molecule has 1 N–H and O–H groups in total. The molecule has 3 aromatic rings. The fourth-order valence-electron chi connectivity index (χ4n) is 4.72. The van der Waals surface area contributed by atoms with Gasteiger partial charge in [-0.3, -0.25) is 9.59 Å². The Balaban J connectivity index is 1.55. The minimum absolute atomic E-state index is 0.0754. The second-order valence-electron chi connectivity index (χ2n) is 8.46. The summed E-state index contributed by atoms with van der Waals surface area (Å²) in [4.78, 5) is 28.2. The number of aromatic nitrogens is 3. The zero-order valence-corrected chi connectivity index (χ0v) is 18.1. The number of hydrogen-bond donors (Lipinski definition) is 1. The monoisotopic (exact) mass is 409 g/mol. The average Bonchev–Trinajstić information content (AvgIpc) is 3.11. The summed E-state index contributed by atoms with van der Waals surface area (Å²) in [7, 11) is 3.78. The molecule has 0 bridgehead atoms. The Morgan fingerprint density at radius 1 is 1.23 bits per heavy atom. The molecule has 1 aliphatic carbocycles. The van der Waals surface area contributed by atoms with Crippen molar-refractivity contribution in [3.63, 3.8) is 0 Å². The van der Waals surface area contributed by atoms with Crippen LogP contribution in [-0.2, 0) is 11.8 Å². The number of fused-ring (bicyclic) bond motifs is 3. The SMILES string of the molecule is C[C@H](C(=O)NCCN(C)C1CCCCC1)n1c2ccccc2c2cnn(C)c(=O)c21. The third-order valence-electron chi connectivity index (χ3n) is 6.53. The van der Waals surface area contributed by atoms with Crippen molar-refractivity contribution >= 4 is 27.7 Å². The molecule has 0 unspecified atom stereocenters. The second-order valence-corrected chi connectivity index (χ2v) is 8.46. The van der Waals surface area contributed by atoms with Crippen molar-refractivity contribution in [3.05, 3.63) is 40.8 Å². The van der Waals surface area contributed by atoms with Crippen LogP contribution in [0, 0.1) is 0 Å². The number of likely N-dealkylation sites (N-methyl/N-ethyl adjacent to an activating group) is 1. The average molecular weight is 410 g/mol. The van der Waals surface area contributed by atoms with Crippen LogP contribution in [0.5, 0.6) is 0 Å². The number of benzene rings is 1. The van der Waals surface area contributed by atoms with E-state index < -0.39 is 6.04 Å². The molecule has 1 amide bonds. The van der Waals surface area contributed by atoms with Gasteiger partial charge in [0.05, 0.1) is 11.7 Å². The predicted molar refractivity (Wildman–Crippen MR) is 120 cm³/mol. The van der Waals surface area contributed by atoms with Crippen LogP contribution in [0.2, 0.25) is 0 Å². The number of nitrogens with zero attached hydrogens (tertiary/aromatic N) is 4. The first-order valence-corrected chi connectivity index (χ1v) is 10.9. The molecule has 30 heavy (non-hydrogen) atoms. The van der Waals surface area contributed by atoms with Crippen LogP contribution in [-0.4, -0.2) is 51.3 Å². The lowest BCUT2D eigenvalue weighted by atomic mass is 9.94. The summed E-state index contributed by atoms with van der Waals surface area (Å²) in [5.74, 6) is -0.0754. The molecule has 160 valence electrons. The van der Waals surface area contributed by atoms with E-state index in [2.05, 4.69) is 22.4 Å². The Bertz CT molecular complexity index is 1110. The van der Waals surface area contributed by atoms with Crippen LogP contribution in [0.1, 0.15) is 45.1 Å². The van der Waals surface area contributed by atoms with Gasteiger partial charge < -0.3 is 14.8 Å². The van der Waals surface area contributed by atoms with Crippen molar-refractivity contribution < 1.29 is 4.79 Å². The largest absolute Gasteiger partial charge is 0.353 e. The van der Waals surface area contributed by atoms with Crippen molar-refractivity contribution in [2.45, 2.75) is 51.1 Å². The number of carbonyl (C=O) groups excluding carboxylic acids is 1. The maximum absolute atomic E-state index is 13.0. The van der Waals surface area contributed by atoms with E-state index in [0.717, 1.165) is 22.8 Å². The van der Waals surface area contributed by atoms with Crippen molar-refractivity contribution in [2.24, 2.45) is 7.05 Å². The summed E-state index contributed by atoms with van der Waals surface area (Å²) < 4.78 is 3.18. The first kappa shape index (κ1) is 20.6. The molecular weight excluding hydrogens is 378 g/mol. The van der Waals surface area contributed by atoms with Crippen LogP contribution in [0.25, 0.3) is 21.8 Å². The number of carbonyl (C=O) groups is 1. The highest BCUT2D eigenvalue weighted by atomic mass is 16.2. The maximum Gasteiger partial charge on any atom is 0.291 e. The molecule has 7 heteroatoms. The predicted octanol–water partition coefficient (Wildman–Crippen LogP) is 2.83. The summed E-state index contributed by atoms with van der Waals surface area (Å²) >= 11 is 0. The molecule has 1 aliphatic rings. The van der Waals surface area contributed by atoms with Gasteiger partial charge in [0.15, 0.2) is 0 Å². The first-order chi connectivity index (χ1) is 14.5. The van der Waals surface area contributed by atoms with Gasteiger partial charge in [-0.1, -0.05) is 37.5 Å². The summed E-state index contributed by atoms with van der Waals surface area (Å²) in [6.45, 7) is 3.29. The fourth-order valence-corrected chi connectivity index (χ4v) is 4.72. The maximum atomic E-state index is 13.0. The highest BCUT2D eigenvalue weighted by Gasteiger charge is 2.23. The van der Waals surface area contributed by atoms with Crippen LogP contribution < -0.4 is 10.9 Å². The van der Waals surface area contributed by atoms with Crippen molar-refractivity contribution in [1.82, 2.24) is 24.6 Å². The highest BCUT2D eigenvalue weighted by Crippen LogP contribution is 2.29. The molecule has 0 saturated heterocycles. The molecular formula is C23H31N5O2. The van der Waals surface area contributed by atoms with E-state index in [-0.39, 0.29) is 11.5 Å². The molecule has 7 nitrogen and oxygen atoms in total. The summed E-state index contributed by atoms with van der Waals surface area (Å²) in [5, 5.41) is 8.97. The third-order valence-corrected chi connectivity index (χ3v) is 6.53. The minimum Gasteiger partial charge on any atom is -0.353 e. The van der Waals surface area contributed by atoms with Gasteiger partial charge in [-0.25, -0.2) is 4.68 Å². The molecule has 1 fully saturated rings. The van der Waals surface area contributed by atoms with Gasteiger partial charge in [-0.15, -0.1) is 0 Å². The lowest BCUT2D eigenvalue weighted by Crippen LogP contribution is -2.41. The van der Waals surface area contributed by atoms with E-state index in [1.165, 1.54) is 36.8 Å². The number of aryl methyl sites for hydroxylation is 1. The van der Waals surface area contributed by atoms with Crippen LogP contribution in [0.3, 0.4) is 0 Å². The summed E-state index contributed by atoms with van der Waals surface area (Å²) in [5.41, 5.74) is 1.20. The van der Waals surface area contributed by atoms with E-state index in [4.69, 9.17) is 0 Å². The molecule has 0 spiro atoms. The van der Waals surface area contributed by atoms with Gasteiger partial charge in [-0.05, 0) is 32.9 Å². The molecule has 2 aromatic heterocycles. The van der Waals surface area contributed by atoms with Gasteiger partial charge in [0.1, 0.15) is 11.6 Å². The quantitative estimate of drug-likeness (QED) is 0.680. The van der Waals surface area contributed by atoms with E-state index in [0.29, 0.717) is 18.1 Å². The fraction of sp³-hybridized carbons (Fsp3) is 0.522. The Labute approximate surface area is 176 Å². The number of nitrogens with one attached hydrogen (secondary N) is 1. The second kappa shape index (κ2) is 8.60. The van der Waals surface area contributed by atoms with Gasteiger partial charge in [0.2, 0.25) is 5.91 Å². The van der Waals surface area contributed by atoms with Gasteiger partial charge in [0.25, 0.3) is 5.56 Å². The zero-order chi connectivity index (χ0) is 21.3. The van der Waals surface area contributed by atoms with Crippen molar-refractivity contribution in [3.8, 4) is 0 Å². The zero-order valence-electron chi connectivity index (χ0n) is 18.1. The van der Waals surface area contributed by atoms with E-state index >= 15 is 0 Å². The number of hydrogen-bond acceptors (Lipinski definition) is 4. The molecule has 1 atom stereocenters. The van der Waals surface area contributed by atoms with E-state index in [9.17, 15) is 9.59 Å². The summed E-state index contributed by atoms with van der Waals surface area (Å²) in [6, 6.07) is 7.92. The summed E-state index contributed by atoms with van der Waals surface area (Å²) in [6.07, 6.45) is 8.15. The minimum atomic E-state index is -0.498. The first-order valence-electron chi connectivity index (χ1n) is 10.9. The Kier molecular flexibility index (Phi) is 5.90. The topological polar surface area (TPSA) is 72.2 Å². The standard InChI is InChI=1S/C23H31N5O2/c1-16(22(29)24-13-14-26(2)17-9-5-4-6-10-17)28-20-12-8-7-11-18(20)19-15-25-27(3)23(30)21(19)28/h7-8,11-12,15-17H,4-6,9-10,13-14H2,1-3H3,(H,24,29)/t16-/m1/s1. The molecule has 2 heterocycles. The molecule has 0 aliphatic heterocycles. The number of rotatable bonds is 6. The van der Waals surface area contributed by atoms with Crippen LogP contribution in [0.4, 0.5) is 0 Å². The Hall–Kier alpha value is -2.67. The molecule has 1 saturated carbocycles. The Morgan fingerprint density at radius 3 is 2.73 bits per heavy atom. The van der Waals surface area contributed by atoms with Crippen LogP contribution >= 0.6 is 0 Å². The van der Waals surface area contributed by atoms with Gasteiger partial charge >= 0.3 is 0 Å². The van der Waals surface area contributed by atoms with E-state index in [1.807, 2.05) is 35.8 Å². The van der Waals surface area contributed by atoms with Gasteiger partial charge in [-0.2, -0.15) is 5.10 Å². The molecule has 0 radical (unpaired) electrons. The number of amides is 1. The van der Waals surface area contributed by atoms with Gasteiger partial charge in [0, 0.05) is 37.0 Å². The van der Waals surface area contributed by atoms with Crippen LogP contribution in [0.15, 0.2) is 35.3 Å². The molecule has 1 aromatic carbocycles. The molecule has 4 rings (SSSR count).